The van der Waals surface area contributed by atoms with Crippen LogP contribution in [0.5, 0.6) is 5.75 Å². The number of nitrogens with one attached hydrogen (secondary N) is 1. The molecule has 21 heavy (non-hydrogen) atoms. The highest BCUT2D eigenvalue weighted by molar-refractivity contribution is 5.59. The standard InChI is InChI=1S/C15H21N5O/c1-5-10-16-14-17-13(18-15(19-14)20(2)3)11-6-8-12(21-4)9-7-11/h6-9H,5,10H2,1-4H3,(H,16,17,18,19). The fourth-order valence-electron chi connectivity index (χ4n) is 1.75. The molecule has 0 amide bonds. The van der Waals surface area contributed by atoms with Crippen molar-refractivity contribution in [3.05, 3.63) is 24.3 Å². The van der Waals surface area contributed by atoms with Crippen LogP contribution in [0.25, 0.3) is 11.4 Å². The molecule has 2 aromatic rings. The normalized spacial score (nSPS) is 10.3. The van der Waals surface area contributed by atoms with E-state index in [1.165, 1.54) is 0 Å². The molecule has 2 rings (SSSR count). The van der Waals surface area contributed by atoms with Gasteiger partial charge in [0.15, 0.2) is 5.82 Å². The molecule has 6 heteroatoms. The van der Waals surface area contributed by atoms with Crippen molar-refractivity contribution in [2.45, 2.75) is 13.3 Å². The second-order valence-electron chi connectivity index (χ2n) is 4.83. The summed E-state index contributed by atoms with van der Waals surface area (Å²) in [7, 11) is 5.47. The quantitative estimate of drug-likeness (QED) is 0.880. The van der Waals surface area contributed by atoms with Gasteiger partial charge in [-0.05, 0) is 30.7 Å². The summed E-state index contributed by atoms with van der Waals surface area (Å²) in [6.45, 7) is 2.93. The van der Waals surface area contributed by atoms with Crippen LogP contribution in [0.1, 0.15) is 13.3 Å². The third-order valence-electron chi connectivity index (χ3n) is 2.90. The fraction of sp³-hybridized carbons (Fsp3) is 0.400. The number of anilines is 2. The maximum atomic E-state index is 5.17. The van der Waals surface area contributed by atoms with Crippen LogP contribution in [0.3, 0.4) is 0 Å². The van der Waals surface area contributed by atoms with Gasteiger partial charge in [-0.15, -0.1) is 0 Å². The van der Waals surface area contributed by atoms with E-state index < -0.39 is 0 Å². The van der Waals surface area contributed by atoms with Crippen LogP contribution >= 0.6 is 0 Å². The molecule has 6 nitrogen and oxygen atoms in total. The SMILES string of the molecule is CCCNc1nc(-c2ccc(OC)cc2)nc(N(C)C)n1. The highest BCUT2D eigenvalue weighted by Crippen LogP contribution is 2.21. The van der Waals surface area contributed by atoms with Gasteiger partial charge in [0.1, 0.15) is 5.75 Å². The van der Waals surface area contributed by atoms with Crippen LogP contribution in [-0.2, 0) is 0 Å². The Bertz CT molecular complexity index is 583. The molecule has 1 N–H and O–H groups in total. The molecule has 0 radical (unpaired) electrons. The van der Waals surface area contributed by atoms with Gasteiger partial charge in [0.25, 0.3) is 0 Å². The molecule has 0 aliphatic rings. The van der Waals surface area contributed by atoms with Gasteiger partial charge in [0, 0.05) is 26.2 Å². The summed E-state index contributed by atoms with van der Waals surface area (Å²) in [5, 5.41) is 3.21. The van der Waals surface area contributed by atoms with Gasteiger partial charge in [-0.1, -0.05) is 6.92 Å². The van der Waals surface area contributed by atoms with Crippen LogP contribution in [0, 0.1) is 0 Å². The lowest BCUT2D eigenvalue weighted by molar-refractivity contribution is 0.415. The predicted molar refractivity (Wildman–Crippen MR) is 84.9 cm³/mol. The number of hydrogen-bond acceptors (Lipinski definition) is 6. The van der Waals surface area contributed by atoms with Crippen molar-refractivity contribution in [1.82, 2.24) is 15.0 Å². The number of ether oxygens (including phenoxy) is 1. The molecule has 0 aliphatic heterocycles. The maximum absolute atomic E-state index is 5.17. The summed E-state index contributed by atoms with van der Waals surface area (Å²) in [6.07, 6.45) is 1.01. The first-order valence-electron chi connectivity index (χ1n) is 6.95. The molecular formula is C15H21N5O. The molecule has 0 aliphatic carbocycles. The van der Waals surface area contributed by atoms with Crippen molar-refractivity contribution in [2.75, 3.05) is 38.0 Å². The summed E-state index contributed by atoms with van der Waals surface area (Å²) in [6, 6.07) is 7.68. The van der Waals surface area contributed by atoms with Gasteiger partial charge in [-0.2, -0.15) is 15.0 Å². The molecule has 0 saturated heterocycles. The minimum atomic E-state index is 0.598. The number of nitrogens with zero attached hydrogens (tertiary/aromatic N) is 4. The van der Waals surface area contributed by atoms with Crippen molar-refractivity contribution >= 4 is 11.9 Å². The smallest absolute Gasteiger partial charge is 0.230 e. The Morgan fingerprint density at radius 1 is 1.10 bits per heavy atom. The molecule has 112 valence electrons. The molecule has 0 fully saturated rings. The van der Waals surface area contributed by atoms with Crippen LogP contribution in [-0.4, -0.2) is 42.7 Å². The fourth-order valence-corrected chi connectivity index (χ4v) is 1.75. The first-order valence-corrected chi connectivity index (χ1v) is 6.95. The lowest BCUT2D eigenvalue weighted by atomic mass is 10.2. The van der Waals surface area contributed by atoms with Gasteiger partial charge in [-0.25, -0.2) is 0 Å². The number of benzene rings is 1. The predicted octanol–water partition coefficient (Wildman–Crippen LogP) is 2.44. The van der Waals surface area contributed by atoms with E-state index in [2.05, 4.69) is 27.2 Å². The summed E-state index contributed by atoms with van der Waals surface area (Å²) < 4.78 is 5.17. The summed E-state index contributed by atoms with van der Waals surface area (Å²) in [5.74, 6) is 2.69. The number of methoxy groups -OCH3 is 1. The average molecular weight is 287 g/mol. The highest BCUT2D eigenvalue weighted by Gasteiger charge is 2.09. The number of hydrogen-bond donors (Lipinski definition) is 1. The van der Waals surface area contributed by atoms with E-state index >= 15 is 0 Å². The highest BCUT2D eigenvalue weighted by atomic mass is 16.5. The van der Waals surface area contributed by atoms with E-state index in [0.717, 1.165) is 24.3 Å². The van der Waals surface area contributed by atoms with Gasteiger partial charge < -0.3 is 15.0 Å². The zero-order valence-electron chi connectivity index (χ0n) is 12.9. The van der Waals surface area contributed by atoms with E-state index in [4.69, 9.17) is 4.74 Å². The molecule has 1 aromatic heterocycles. The summed E-state index contributed by atoms with van der Waals surface area (Å²) in [4.78, 5) is 15.2. The molecule has 0 saturated carbocycles. The van der Waals surface area contributed by atoms with Gasteiger partial charge in [-0.3, -0.25) is 0 Å². The van der Waals surface area contributed by atoms with E-state index in [0.29, 0.717) is 17.7 Å². The molecule has 0 atom stereocenters. The Morgan fingerprint density at radius 3 is 2.38 bits per heavy atom. The maximum Gasteiger partial charge on any atom is 0.230 e. The van der Waals surface area contributed by atoms with Crippen LogP contribution in [0.15, 0.2) is 24.3 Å². The molecule has 1 aromatic carbocycles. The minimum Gasteiger partial charge on any atom is -0.497 e. The van der Waals surface area contributed by atoms with E-state index in [1.54, 1.807) is 7.11 Å². The molecular weight excluding hydrogens is 266 g/mol. The van der Waals surface area contributed by atoms with Crippen molar-refractivity contribution in [3.8, 4) is 17.1 Å². The topological polar surface area (TPSA) is 63.2 Å². The average Bonchev–Trinajstić information content (AvgIpc) is 2.52. The second-order valence-corrected chi connectivity index (χ2v) is 4.83. The first kappa shape index (κ1) is 15.0. The van der Waals surface area contributed by atoms with Gasteiger partial charge >= 0.3 is 0 Å². The molecule has 0 bridgehead atoms. The Balaban J connectivity index is 2.37. The van der Waals surface area contributed by atoms with E-state index in [-0.39, 0.29) is 0 Å². The Hall–Kier alpha value is -2.37. The van der Waals surface area contributed by atoms with Crippen LogP contribution < -0.4 is 15.0 Å². The van der Waals surface area contributed by atoms with Crippen LogP contribution in [0.2, 0.25) is 0 Å². The monoisotopic (exact) mass is 287 g/mol. The van der Waals surface area contributed by atoms with Crippen molar-refractivity contribution in [1.29, 1.82) is 0 Å². The van der Waals surface area contributed by atoms with Gasteiger partial charge in [0.2, 0.25) is 11.9 Å². The van der Waals surface area contributed by atoms with Gasteiger partial charge in [0.05, 0.1) is 7.11 Å². The lowest BCUT2D eigenvalue weighted by Gasteiger charge is -2.13. The number of aromatic nitrogens is 3. The lowest BCUT2D eigenvalue weighted by Crippen LogP contribution is -2.16. The van der Waals surface area contributed by atoms with E-state index in [1.807, 2.05) is 43.3 Å². The zero-order valence-corrected chi connectivity index (χ0v) is 12.9. The zero-order chi connectivity index (χ0) is 15.2. The molecule has 1 heterocycles. The largest absolute Gasteiger partial charge is 0.497 e. The third-order valence-corrected chi connectivity index (χ3v) is 2.90. The van der Waals surface area contributed by atoms with Crippen molar-refractivity contribution in [3.63, 3.8) is 0 Å². The second kappa shape index (κ2) is 6.88. The molecule has 0 spiro atoms. The number of rotatable bonds is 6. The molecule has 0 unspecified atom stereocenters. The van der Waals surface area contributed by atoms with Crippen molar-refractivity contribution in [2.24, 2.45) is 0 Å². The summed E-state index contributed by atoms with van der Waals surface area (Å²) in [5.41, 5.74) is 0.931. The third kappa shape index (κ3) is 3.81. The minimum absolute atomic E-state index is 0.598. The van der Waals surface area contributed by atoms with Crippen molar-refractivity contribution < 1.29 is 4.74 Å². The Morgan fingerprint density at radius 2 is 1.81 bits per heavy atom. The Labute approximate surface area is 125 Å². The van der Waals surface area contributed by atoms with E-state index in [9.17, 15) is 0 Å². The van der Waals surface area contributed by atoms with Crippen LogP contribution in [0.4, 0.5) is 11.9 Å². The Kier molecular flexibility index (Phi) is 4.92. The summed E-state index contributed by atoms with van der Waals surface area (Å²) >= 11 is 0. The first-order chi connectivity index (χ1) is 10.1.